The fourth-order valence-corrected chi connectivity index (χ4v) is 4.89. The summed E-state index contributed by atoms with van der Waals surface area (Å²) in [5, 5.41) is 7.63. The van der Waals surface area contributed by atoms with Gasteiger partial charge < -0.3 is 30.2 Å². The molecule has 3 aliphatic heterocycles. The molecule has 3 N–H and O–H groups in total. The van der Waals surface area contributed by atoms with Crippen LogP contribution in [-0.4, -0.2) is 61.7 Å². The molecule has 2 bridgehead atoms. The van der Waals surface area contributed by atoms with E-state index in [4.69, 9.17) is 14.2 Å². The molecule has 1 aromatic carbocycles. The molecule has 4 rings (SSSR count). The fraction of sp³-hybridized carbons (Fsp3) is 0.600. The lowest BCUT2D eigenvalue weighted by atomic mass is 9.91. The van der Waals surface area contributed by atoms with Gasteiger partial charge in [0.15, 0.2) is 17.3 Å². The number of halogens is 3. The third-order valence-corrected chi connectivity index (χ3v) is 6.78. The van der Waals surface area contributed by atoms with Crippen LogP contribution in [0.1, 0.15) is 51.1 Å². The van der Waals surface area contributed by atoms with Crippen molar-refractivity contribution in [1.29, 1.82) is 0 Å². The van der Waals surface area contributed by atoms with E-state index in [-0.39, 0.29) is 37.4 Å². The summed E-state index contributed by atoms with van der Waals surface area (Å²) < 4.78 is 58.7. The zero-order valence-electron chi connectivity index (χ0n) is 21.0. The van der Waals surface area contributed by atoms with Crippen LogP contribution >= 0.6 is 0 Å². The molecule has 38 heavy (non-hydrogen) atoms. The predicted octanol–water partition coefficient (Wildman–Crippen LogP) is 2.05. The van der Waals surface area contributed by atoms with Crippen molar-refractivity contribution in [3.05, 3.63) is 29.1 Å². The minimum Gasteiger partial charge on any atom is -0.482 e. The van der Waals surface area contributed by atoms with Crippen molar-refractivity contribution in [3.8, 4) is 5.75 Å². The first-order valence-corrected chi connectivity index (χ1v) is 12.5. The van der Waals surface area contributed by atoms with Crippen molar-refractivity contribution in [3.63, 3.8) is 0 Å². The van der Waals surface area contributed by atoms with Crippen LogP contribution in [0.5, 0.6) is 5.75 Å². The molecular formula is C25H30F3N3O7. The molecule has 10 nitrogen and oxygen atoms in total. The minimum absolute atomic E-state index is 0.0189. The Kier molecular flexibility index (Phi) is 8.44. The highest BCUT2D eigenvalue weighted by molar-refractivity contribution is 5.93. The van der Waals surface area contributed by atoms with E-state index >= 15 is 0 Å². The highest BCUT2D eigenvalue weighted by Crippen LogP contribution is 2.40. The van der Waals surface area contributed by atoms with Crippen molar-refractivity contribution in [2.45, 2.75) is 63.8 Å². The van der Waals surface area contributed by atoms with Crippen LogP contribution < -0.4 is 20.7 Å². The summed E-state index contributed by atoms with van der Waals surface area (Å²) in [6, 6.07) is -2.94. The SMILES string of the molecule is CC(C)C[C@H](NC(=O)O[C@H]1CCOC1)C(=O)N[C@H]1C[C@@H]2CC(NC2=O)c2c(F)cc(F)c(F)c2OCC1=O. The summed E-state index contributed by atoms with van der Waals surface area (Å²) in [4.78, 5) is 51.2. The molecule has 1 aromatic rings. The van der Waals surface area contributed by atoms with Gasteiger partial charge in [0.1, 0.15) is 24.6 Å². The molecule has 2 saturated heterocycles. The predicted molar refractivity (Wildman–Crippen MR) is 124 cm³/mol. The summed E-state index contributed by atoms with van der Waals surface area (Å²) in [6.07, 6.45) is -0.636. The molecular weight excluding hydrogens is 511 g/mol. The first kappa shape index (κ1) is 27.7. The second kappa shape index (κ2) is 11.6. The average Bonchev–Trinajstić information content (AvgIpc) is 3.47. The van der Waals surface area contributed by atoms with Gasteiger partial charge in [0, 0.05) is 18.4 Å². The Bertz CT molecular complexity index is 1110. The van der Waals surface area contributed by atoms with E-state index in [1.165, 1.54) is 0 Å². The number of nitrogens with one attached hydrogen (secondary N) is 3. The number of Topliss-reactive ketones (excluding diaryl/α,β-unsaturated/α-hetero) is 1. The van der Waals surface area contributed by atoms with Gasteiger partial charge in [-0.15, -0.1) is 0 Å². The smallest absolute Gasteiger partial charge is 0.408 e. The Labute approximate surface area is 216 Å². The molecule has 0 aliphatic carbocycles. The third-order valence-electron chi connectivity index (χ3n) is 6.78. The minimum atomic E-state index is -1.50. The molecule has 0 spiro atoms. The number of rotatable bonds is 6. The Morgan fingerprint density at radius 3 is 2.63 bits per heavy atom. The molecule has 0 saturated carbocycles. The average molecular weight is 542 g/mol. The van der Waals surface area contributed by atoms with Gasteiger partial charge in [-0.25, -0.2) is 13.6 Å². The summed E-state index contributed by atoms with van der Waals surface area (Å²) in [5.74, 6) is -7.69. The highest BCUT2D eigenvalue weighted by atomic mass is 19.2. The molecule has 5 atom stereocenters. The van der Waals surface area contributed by atoms with Crippen LogP contribution in [0.15, 0.2) is 6.07 Å². The number of hydrogen-bond donors (Lipinski definition) is 3. The van der Waals surface area contributed by atoms with Gasteiger partial charge in [-0.05, 0) is 25.2 Å². The Morgan fingerprint density at radius 2 is 1.95 bits per heavy atom. The maximum atomic E-state index is 14.6. The first-order valence-electron chi connectivity index (χ1n) is 12.5. The molecule has 3 amide bonds. The summed E-state index contributed by atoms with van der Waals surface area (Å²) >= 11 is 0. The molecule has 0 radical (unpaired) electrons. The highest BCUT2D eigenvalue weighted by Gasteiger charge is 2.41. The normalized spacial score (nSPS) is 25.7. The fourth-order valence-electron chi connectivity index (χ4n) is 4.89. The topological polar surface area (TPSA) is 132 Å². The first-order chi connectivity index (χ1) is 18.0. The molecule has 13 heteroatoms. The number of ketones is 1. The van der Waals surface area contributed by atoms with E-state index in [9.17, 15) is 32.3 Å². The lowest BCUT2D eigenvalue weighted by Crippen LogP contribution is -2.53. The number of alkyl carbamates (subject to hydrolysis) is 1. The molecule has 3 aliphatic rings. The lowest BCUT2D eigenvalue weighted by Gasteiger charge is -2.26. The third kappa shape index (κ3) is 6.20. The second-order valence-electron chi connectivity index (χ2n) is 10.2. The van der Waals surface area contributed by atoms with Crippen LogP contribution in [0.3, 0.4) is 0 Å². The number of amides is 3. The van der Waals surface area contributed by atoms with Crippen molar-refractivity contribution in [1.82, 2.24) is 16.0 Å². The van der Waals surface area contributed by atoms with Gasteiger partial charge in [0.2, 0.25) is 17.6 Å². The van der Waals surface area contributed by atoms with Crippen molar-refractivity contribution < 1.29 is 46.6 Å². The van der Waals surface area contributed by atoms with E-state index in [1.807, 2.05) is 13.8 Å². The maximum Gasteiger partial charge on any atom is 0.408 e. The van der Waals surface area contributed by atoms with Gasteiger partial charge in [-0.2, -0.15) is 4.39 Å². The van der Waals surface area contributed by atoms with Crippen LogP contribution in [-0.2, 0) is 23.9 Å². The van der Waals surface area contributed by atoms with Gasteiger partial charge in [-0.1, -0.05) is 13.8 Å². The van der Waals surface area contributed by atoms with Crippen LogP contribution in [0, 0.1) is 29.3 Å². The monoisotopic (exact) mass is 541 g/mol. The molecule has 208 valence electrons. The van der Waals surface area contributed by atoms with Gasteiger partial charge in [0.05, 0.1) is 30.9 Å². The van der Waals surface area contributed by atoms with Crippen molar-refractivity contribution in [2.75, 3.05) is 19.8 Å². The molecule has 0 aromatic heterocycles. The number of hydrogen-bond acceptors (Lipinski definition) is 7. The Hall–Kier alpha value is -3.35. The zero-order valence-corrected chi connectivity index (χ0v) is 21.0. The van der Waals surface area contributed by atoms with E-state index in [0.717, 1.165) is 0 Å². The maximum absolute atomic E-state index is 14.6. The molecule has 3 heterocycles. The zero-order chi connectivity index (χ0) is 27.6. The van der Waals surface area contributed by atoms with E-state index < -0.39 is 83.6 Å². The van der Waals surface area contributed by atoms with Crippen LogP contribution in [0.2, 0.25) is 0 Å². The summed E-state index contributed by atoms with van der Waals surface area (Å²) in [6.45, 7) is 3.59. The number of carbonyl (C=O) groups excluding carboxylic acids is 4. The van der Waals surface area contributed by atoms with Gasteiger partial charge in [-0.3, -0.25) is 14.4 Å². The van der Waals surface area contributed by atoms with Gasteiger partial charge in [0.25, 0.3) is 0 Å². The summed E-state index contributed by atoms with van der Waals surface area (Å²) in [5.41, 5.74) is -0.373. The van der Waals surface area contributed by atoms with E-state index in [2.05, 4.69) is 16.0 Å². The largest absolute Gasteiger partial charge is 0.482 e. The number of carbonyl (C=O) groups is 4. The number of benzene rings is 1. The quantitative estimate of drug-likeness (QED) is 0.470. The molecule has 2 fully saturated rings. The summed E-state index contributed by atoms with van der Waals surface area (Å²) in [7, 11) is 0. The van der Waals surface area contributed by atoms with Gasteiger partial charge >= 0.3 is 6.09 Å². The van der Waals surface area contributed by atoms with E-state index in [1.54, 1.807) is 0 Å². The number of fused-ring (bicyclic) bond motifs is 4. The van der Waals surface area contributed by atoms with Crippen LogP contribution in [0.25, 0.3) is 0 Å². The standard InChI is InChI=1S/C25H30F3N3O7/c1-11(2)5-18(31-25(35)38-13-3-4-36-9-13)24(34)29-16-6-12-7-17(30-23(12)33)20-14(26)8-15(27)21(28)22(20)37-10-19(16)32/h8,11-13,16-18H,3-7,9-10H2,1-2H3,(H,29,34)(H,30,33)(H,31,35)/t12-,13+,16+,17?,18+/m1/s1. The number of ether oxygens (including phenoxy) is 3. The Balaban J connectivity index is 1.52. The molecule has 1 unspecified atom stereocenters. The lowest BCUT2D eigenvalue weighted by molar-refractivity contribution is -0.131. The van der Waals surface area contributed by atoms with Crippen molar-refractivity contribution >= 4 is 23.7 Å². The Morgan fingerprint density at radius 1 is 1.18 bits per heavy atom. The van der Waals surface area contributed by atoms with Crippen LogP contribution in [0.4, 0.5) is 18.0 Å². The second-order valence-corrected chi connectivity index (χ2v) is 10.2. The van der Waals surface area contributed by atoms with Crippen molar-refractivity contribution in [2.24, 2.45) is 11.8 Å². The van der Waals surface area contributed by atoms with E-state index in [0.29, 0.717) is 19.1 Å².